The highest BCUT2D eigenvalue weighted by Gasteiger charge is 2.19. The summed E-state index contributed by atoms with van der Waals surface area (Å²) in [5, 5.41) is 18.0. The molecule has 1 saturated heterocycles. The molecular weight excluding hydrogens is 404 g/mol. The summed E-state index contributed by atoms with van der Waals surface area (Å²) in [7, 11) is 1.65. The van der Waals surface area contributed by atoms with E-state index < -0.39 is 0 Å². The second-order valence-electron chi connectivity index (χ2n) is 8.36. The van der Waals surface area contributed by atoms with E-state index in [0.29, 0.717) is 18.1 Å². The summed E-state index contributed by atoms with van der Waals surface area (Å²) in [5.74, 6) is 0.869. The Balaban J connectivity index is 1.58. The molecule has 3 aromatic rings. The maximum absolute atomic E-state index is 8.72. The molecule has 4 N–H and O–H groups in total. The van der Waals surface area contributed by atoms with Crippen molar-refractivity contribution < 1.29 is 9.47 Å². The summed E-state index contributed by atoms with van der Waals surface area (Å²) in [6.07, 6.45) is 2.78. The number of rotatable bonds is 7. The van der Waals surface area contributed by atoms with Crippen molar-refractivity contribution >= 4 is 16.7 Å². The van der Waals surface area contributed by atoms with Crippen molar-refractivity contribution in [3.05, 3.63) is 65.4 Å². The van der Waals surface area contributed by atoms with Crippen molar-refractivity contribution in [2.45, 2.75) is 32.0 Å². The summed E-state index contributed by atoms with van der Waals surface area (Å²) >= 11 is 0. The SMILES string of the molecule is COC[C@H](C)Oc1ccc2ccc(C(=N)n3cc(CN4CC[C@H](N)C4)ccc3=N)nc2c1. The van der Waals surface area contributed by atoms with Gasteiger partial charge in [-0.25, -0.2) is 4.98 Å². The maximum Gasteiger partial charge on any atom is 0.156 e. The molecule has 0 unspecified atom stereocenters. The molecule has 1 aliphatic heterocycles. The predicted molar refractivity (Wildman–Crippen MR) is 124 cm³/mol. The number of hydrogen-bond acceptors (Lipinski definition) is 7. The van der Waals surface area contributed by atoms with Crippen LogP contribution < -0.4 is 16.0 Å². The lowest BCUT2D eigenvalue weighted by molar-refractivity contribution is 0.0922. The third-order valence-electron chi connectivity index (χ3n) is 5.61. The Labute approximate surface area is 187 Å². The monoisotopic (exact) mass is 434 g/mol. The smallest absolute Gasteiger partial charge is 0.156 e. The van der Waals surface area contributed by atoms with Crippen LogP contribution >= 0.6 is 0 Å². The normalized spacial score (nSPS) is 17.5. The topological polar surface area (TPSA) is 113 Å². The minimum absolute atomic E-state index is 0.0757. The van der Waals surface area contributed by atoms with Gasteiger partial charge < -0.3 is 15.2 Å². The number of aromatic nitrogens is 2. The molecule has 4 rings (SSSR count). The van der Waals surface area contributed by atoms with Crippen molar-refractivity contribution in [1.29, 1.82) is 10.8 Å². The van der Waals surface area contributed by atoms with Gasteiger partial charge >= 0.3 is 0 Å². The van der Waals surface area contributed by atoms with Crippen molar-refractivity contribution in [1.82, 2.24) is 14.5 Å². The average Bonchev–Trinajstić information content (AvgIpc) is 3.18. The molecule has 3 heterocycles. The molecule has 0 amide bonds. The zero-order valence-electron chi connectivity index (χ0n) is 18.5. The molecule has 2 aromatic heterocycles. The predicted octanol–water partition coefficient (Wildman–Crippen LogP) is 2.34. The summed E-state index contributed by atoms with van der Waals surface area (Å²) in [4.78, 5) is 6.99. The summed E-state index contributed by atoms with van der Waals surface area (Å²) in [6.45, 7) is 5.05. The third-order valence-corrected chi connectivity index (χ3v) is 5.61. The molecule has 1 fully saturated rings. The van der Waals surface area contributed by atoms with Gasteiger partial charge in [0.1, 0.15) is 23.0 Å². The molecule has 2 atom stereocenters. The van der Waals surface area contributed by atoms with Crippen LogP contribution in [0.2, 0.25) is 0 Å². The molecule has 32 heavy (non-hydrogen) atoms. The Kier molecular flexibility index (Phi) is 6.64. The quantitative estimate of drug-likeness (QED) is 0.390. The second-order valence-corrected chi connectivity index (χ2v) is 8.36. The molecule has 0 aliphatic carbocycles. The second kappa shape index (κ2) is 9.60. The standard InChI is InChI=1S/C24H30N6O2/c1-16(15-31-2)32-20-6-4-18-5-7-21(28-22(18)11-20)24(27)30-13-17(3-8-23(30)26)12-29-10-9-19(25)14-29/h3-8,11,13,16,19,26-27H,9-10,12,14-15,25H2,1-2H3/t16-,19-/m0/s1. The van der Waals surface area contributed by atoms with E-state index in [-0.39, 0.29) is 23.5 Å². The first-order valence-corrected chi connectivity index (χ1v) is 10.8. The lowest BCUT2D eigenvalue weighted by Crippen LogP contribution is -2.29. The number of fused-ring (bicyclic) bond motifs is 1. The third kappa shape index (κ3) is 5.04. The lowest BCUT2D eigenvalue weighted by Gasteiger charge is -2.17. The largest absolute Gasteiger partial charge is 0.488 e. The fraction of sp³-hybridized carbons (Fsp3) is 0.375. The van der Waals surface area contributed by atoms with E-state index in [1.54, 1.807) is 17.7 Å². The molecular formula is C24H30N6O2. The van der Waals surface area contributed by atoms with Gasteiger partial charge in [-0.05, 0) is 43.2 Å². The Hall–Kier alpha value is -3.07. The zero-order chi connectivity index (χ0) is 22.7. The van der Waals surface area contributed by atoms with Gasteiger partial charge in [0.05, 0.1) is 12.1 Å². The minimum Gasteiger partial charge on any atom is -0.488 e. The van der Waals surface area contributed by atoms with E-state index in [1.165, 1.54) is 0 Å². The van der Waals surface area contributed by atoms with Crippen LogP contribution in [0.25, 0.3) is 10.9 Å². The molecule has 8 heteroatoms. The van der Waals surface area contributed by atoms with Crippen LogP contribution in [0, 0.1) is 10.8 Å². The summed E-state index contributed by atoms with van der Waals surface area (Å²) < 4.78 is 12.6. The molecule has 0 spiro atoms. The van der Waals surface area contributed by atoms with E-state index in [9.17, 15) is 0 Å². The molecule has 0 saturated carbocycles. The van der Waals surface area contributed by atoms with Gasteiger partial charge in [0.25, 0.3) is 0 Å². The Bertz CT molecular complexity index is 1170. The lowest BCUT2D eigenvalue weighted by atomic mass is 10.2. The number of likely N-dealkylation sites (tertiary alicyclic amines) is 1. The Morgan fingerprint density at radius 2 is 2.06 bits per heavy atom. The molecule has 0 bridgehead atoms. The Morgan fingerprint density at radius 1 is 1.25 bits per heavy atom. The van der Waals surface area contributed by atoms with Crippen LogP contribution in [-0.4, -0.2) is 59.2 Å². The van der Waals surface area contributed by atoms with E-state index >= 15 is 0 Å². The molecule has 1 aliphatic rings. The van der Waals surface area contributed by atoms with Crippen LogP contribution in [-0.2, 0) is 11.3 Å². The molecule has 168 valence electrons. The van der Waals surface area contributed by atoms with Gasteiger partial charge in [-0.15, -0.1) is 0 Å². The van der Waals surface area contributed by atoms with Gasteiger partial charge in [0, 0.05) is 50.4 Å². The number of hydrogen-bond donors (Lipinski definition) is 3. The minimum atomic E-state index is -0.0757. The van der Waals surface area contributed by atoms with Crippen LogP contribution in [0.15, 0.2) is 48.7 Å². The van der Waals surface area contributed by atoms with Crippen LogP contribution in [0.1, 0.15) is 24.6 Å². The fourth-order valence-corrected chi connectivity index (χ4v) is 4.01. The average molecular weight is 435 g/mol. The zero-order valence-corrected chi connectivity index (χ0v) is 18.5. The van der Waals surface area contributed by atoms with Crippen molar-refractivity contribution in [2.75, 3.05) is 26.8 Å². The highest BCUT2D eigenvalue weighted by Crippen LogP contribution is 2.21. The Morgan fingerprint density at radius 3 is 2.81 bits per heavy atom. The number of methoxy groups -OCH3 is 1. The van der Waals surface area contributed by atoms with Gasteiger partial charge in [-0.1, -0.05) is 12.1 Å². The first-order valence-electron chi connectivity index (χ1n) is 10.8. The van der Waals surface area contributed by atoms with Crippen LogP contribution in [0.3, 0.4) is 0 Å². The van der Waals surface area contributed by atoms with E-state index in [2.05, 4.69) is 9.88 Å². The van der Waals surface area contributed by atoms with E-state index in [4.69, 9.17) is 26.0 Å². The fourth-order valence-electron chi connectivity index (χ4n) is 4.01. The van der Waals surface area contributed by atoms with Crippen LogP contribution in [0.4, 0.5) is 0 Å². The maximum atomic E-state index is 8.72. The van der Waals surface area contributed by atoms with Gasteiger partial charge in [0.15, 0.2) is 5.84 Å². The number of nitrogens with zero attached hydrogens (tertiary/aromatic N) is 3. The van der Waals surface area contributed by atoms with Gasteiger partial charge in [-0.2, -0.15) is 0 Å². The molecule has 0 radical (unpaired) electrons. The van der Waals surface area contributed by atoms with Crippen molar-refractivity contribution in [2.24, 2.45) is 5.73 Å². The number of pyridine rings is 2. The van der Waals surface area contributed by atoms with E-state index in [0.717, 1.165) is 42.5 Å². The highest BCUT2D eigenvalue weighted by molar-refractivity contribution is 5.98. The van der Waals surface area contributed by atoms with Crippen LogP contribution in [0.5, 0.6) is 5.75 Å². The first-order chi connectivity index (χ1) is 15.4. The first kappa shape index (κ1) is 22.1. The van der Waals surface area contributed by atoms with Crippen molar-refractivity contribution in [3.63, 3.8) is 0 Å². The number of benzene rings is 1. The summed E-state index contributed by atoms with van der Waals surface area (Å²) in [6, 6.07) is 13.4. The molecule has 1 aromatic carbocycles. The van der Waals surface area contributed by atoms with Gasteiger partial charge in [-0.3, -0.25) is 20.3 Å². The van der Waals surface area contributed by atoms with E-state index in [1.807, 2.05) is 49.5 Å². The highest BCUT2D eigenvalue weighted by atomic mass is 16.5. The van der Waals surface area contributed by atoms with Crippen molar-refractivity contribution in [3.8, 4) is 5.75 Å². The number of nitrogens with two attached hydrogens (primary N) is 1. The number of nitrogens with one attached hydrogen (secondary N) is 2. The number of ether oxygens (including phenoxy) is 2. The van der Waals surface area contributed by atoms with Gasteiger partial charge in [0.2, 0.25) is 0 Å². The molecule has 8 nitrogen and oxygen atoms in total. The summed E-state index contributed by atoms with van der Waals surface area (Å²) in [5.41, 5.74) is 8.54.